The van der Waals surface area contributed by atoms with Crippen molar-refractivity contribution in [1.82, 2.24) is 5.32 Å². The van der Waals surface area contributed by atoms with Gasteiger partial charge in [0.1, 0.15) is 0 Å². The third-order valence-electron chi connectivity index (χ3n) is 4.17. The zero-order valence-electron chi connectivity index (χ0n) is 11.8. The molecule has 0 heterocycles. The van der Waals surface area contributed by atoms with E-state index in [0.717, 1.165) is 16.5 Å². The maximum absolute atomic E-state index is 6.27. The average molecular weight is 300 g/mol. The summed E-state index contributed by atoms with van der Waals surface area (Å²) in [5.74, 6) is 0.876. The summed E-state index contributed by atoms with van der Waals surface area (Å²) in [6, 6.07) is 6.67. The van der Waals surface area contributed by atoms with E-state index in [1.807, 2.05) is 18.2 Å². The molecule has 3 heteroatoms. The van der Waals surface area contributed by atoms with Gasteiger partial charge in [-0.25, -0.2) is 0 Å². The lowest BCUT2D eigenvalue weighted by Crippen LogP contribution is -2.31. The summed E-state index contributed by atoms with van der Waals surface area (Å²) in [4.78, 5) is 0. The van der Waals surface area contributed by atoms with Crippen molar-refractivity contribution in [2.75, 3.05) is 0 Å². The summed E-state index contributed by atoms with van der Waals surface area (Å²) < 4.78 is 0. The Kier molecular flexibility index (Phi) is 5.56. The first-order chi connectivity index (χ1) is 9.06. The molecule has 19 heavy (non-hydrogen) atoms. The van der Waals surface area contributed by atoms with Crippen molar-refractivity contribution in [3.63, 3.8) is 0 Å². The molecular weight excluding hydrogens is 277 g/mol. The first kappa shape index (κ1) is 15.2. The van der Waals surface area contributed by atoms with E-state index in [0.29, 0.717) is 11.1 Å². The summed E-state index contributed by atoms with van der Waals surface area (Å²) in [5.41, 5.74) is 1.14. The Hall–Kier alpha value is -0.240. The van der Waals surface area contributed by atoms with Crippen molar-refractivity contribution in [3.05, 3.63) is 33.8 Å². The summed E-state index contributed by atoms with van der Waals surface area (Å²) in [7, 11) is 0. The number of benzene rings is 1. The van der Waals surface area contributed by atoms with Gasteiger partial charge >= 0.3 is 0 Å². The molecule has 1 aliphatic rings. The lowest BCUT2D eigenvalue weighted by Gasteiger charge is -2.23. The van der Waals surface area contributed by atoms with Crippen molar-refractivity contribution in [2.45, 2.75) is 58.0 Å². The normalized spacial score (nSPS) is 25.9. The minimum Gasteiger partial charge on any atom is -0.307 e. The van der Waals surface area contributed by atoms with Crippen LogP contribution < -0.4 is 5.32 Å². The van der Waals surface area contributed by atoms with Crippen LogP contribution in [0.4, 0.5) is 0 Å². The Bertz CT molecular complexity index is 419. The molecule has 1 fully saturated rings. The molecule has 0 saturated heterocycles. The van der Waals surface area contributed by atoms with Crippen molar-refractivity contribution >= 4 is 23.2 Å². The summed E-state index contributed by atoms with van der Waals surface area (Å²) in [6.45, 7) is 4.55. The van der Waals surface area contributed by atoms with Crippen LogP contribution in [0.25, 0.3) is 0 Å². The second-order valence-electron chi connectivity index (χ2n) is 5.86. The monoisotopic (exact) mass is 299 g/mol. The number of nitrogens with one attached hydrogen (secondary N) is 1. The van der Waals surface area contributed by atoms with Gasteiger partial charge in [0, 0.05) is 22.1 Å². The van der Waals surface area contributed by atoms with Crippen LogP contribution in [0.3, 0.4) is 0 Å². The van der Waals surface area contributed by atoms with Gasteiger partial charge in [0.25, 0.3) is 0 Å². The van der Waals surface area contributed by atoms with Gasteiger partial charge in [-0.15, -0.1) is 0 Å². The molecule has 0 aliphatic heterocycles. The van der Waals surface area contributed by atoms with E-state index in [1.165, 1.54) is 32.1 Å². The maximum Gasteiger partial charge on any atom is 0.0468 e. The molecule has 0 amide bonds. The second kappa shape index (κ2) is 6.97. The molecule has 1 aromatic carbocycles. The van der Waals surface area contributed by atoms with E-state index in [9.17, 15) is 0 Å². The fourth-order valence-electron chi connectivity index (χ4n) is 2.95. The van der Waals surface area contributed by atoms with Gasteiger partial charge in [-0.3, -0.25) is 0 Å². The van der Waals surface area contributed by atoms with E-state index in [2.05, 4.69) is 19.2 Å². The molecule has 1 saturated carbocycles. The molecule has 0 bridgehead atoms. The average Bonchev–Trinajstić information content (AvgIpc) is 2.54. The minimum absolute atomic E-state index is 0.281. The molecule has 0 spiro atoms. The van der Waals surface area contributed by atoms with Crippen LogP contribution in [-0.2, 0) is 0 Å². The Morgan fingerprint density at radius 2 is 1.95 bits per heavy atom. The highest BCUT2D eigenvalue weighted by Crippen LogP contribution is 2.28. The Morgan fingerprint density at radius 1 is 1.16 bits per heavy atom. The Labute approximate surface area is 126 Å². The van der Waals surface area contributed by atoms with Crippen LogP contribution in [0, 0.1) is 5.92 Å². The minimum atomic E-state index is 0.281. The molecule has 1 N–H and O–H groups in total. The molecular formula is C16H23Cl2N. The Morgan fingerprint density at radius 3 is 2.68 bits per heavy atom. The highest BCUT2D eigenvalue weighted by atomic mass is 35.5. The van der Waals surface area contributed by atoms with Crippen LogP contribution in [-0.4, -0.2) is 6.04 Å². The van der Waals surface area contributed by atoms with Gasteiger partial charge in [-0.2, -0.15) is 0 Å². The van der Waals surface area contributed by atoms with Crippen molar-refractivity contribution in [2.24, 2.45) is 5.92 Å². The molecule has 3 atom stereocenters. The fourth-order valence-corrected chi connectivity index (χ4v) is 3.52. The number of rotatable bonds is 3. The van der Waals surface area contributed by atoms with E-state index in [1.54, 1.807) is 0 Å². The molecule has 0 aromatic heterocycles. The smallest absolute Gasteiger partial charge is 0.0468 e. The standard InChI is InChI=1S/C16H23Cl2N/c1-11-4-3-5-14(8-6-11)19-12(2)15-9-7-13(17)10-16(15)18/h7,9-12,14,19H,3-6,8H2,1-2H3. The molecule has 2 rings (SSSR count). The van der Waals surface area contributed by atoms with Gasteiger partial charge in [0.05, 0.1) is 0 Å². The van der Waals surface area contributed by atoms with Crippen LogP contribution in [0.5, 0.6) is 0 Å². The number of hydrogen-bond acceptors (Lipinski definition) is 1. The topological polar surface area (TPSA) is 12.0 Å². The SMILES string of the molecule is CC1CCCC(NC(C)c2ccc(Cl)cc2Cl)CC1. The number of hydrogen-bond donors (Lipinski definition) is 1. The predicted octanol–water partition coefficient (Wildman–Crippen LogP) is 5.61. The zero-order chi connectivity index (χ0) is 13.8. The van der Waals surface area contributed by atoms with Gasteiger partial charge in [0.15, 0.2) is 0 Å². The van der Waals surface area contributed by atoms with Crippen LogP contribution >= 0.6 is 23.2 Å². The third-order valence-corrected chi connectivity index (χ3v) is 4.73. The molecule has 106 valence electrons. The van der Waals surface area contributed by atoms with Crippen molar-refractivity contribution in [1.29, 1.82) is 0 Å². The van der Waals surface area contributed by atoms with Gasteiger partial charge < -0.3 is 5.32 Å². The number of halogens is 2. The Balaban J connectivity index is 1.98. The van der Waals surface area contributed by atoms with E-state index >= 15 is 0 Å². The van der Waals surface area contributed by atoms with Gasteiger partial charge in [-0.1, -0.05) is 49.0 Å². The molecule has 0 radical (unpaired) electrons. The van der Waals surface area contributed by atoms with Crippen LogP contribution in [0.2, 0.25) is 10.0 Å². The quantitative estimate of drug-likeness (QED) is 0.715. The summed E-state index contributed by atoms with van der Waals surface area (Å²) >= 11 is 12.2. The van der Waals surface area contributed by atoms with Gasteiger partial charge in [0.2, 0.25) is 0 Å². The first-order valence-corrected chi connectivity index (χ1v) is 8.03. The second-order valence-corrected chi connectivity index (χ2v) is 6.71. The molecule has 3 unspecified atom stereocenters. The van der Waals surface area contributed by atoms with Crippen LogP contribution in [0.15, 0.2) is 18.2 Å². The molecule has 1 nitrogen and oxygen atoms in total. The molecule has 1 aromatic rings. The lowest BCUT2D eigenvalue weighted by atomic mass is 10.0. The van der Waals surface area contributed by atoms with E-state index in [-0.39, 0.29) is 6.04 Å². The third kappa shape index (κ3) is 4.37. The highest BCUT2D eigenvalue weighted by molar-refractivity contribution is 6.35. The summed E-state index contributed by atoms with van der Waals surface area (Å²) in [5, 5.41) is 5.19. The van der Waals surface area contributed by atoms with E-state index < -0.39 is 0 Å². The zero-order valence-corrected chi connectivity index (χ0v) is 13.3. The van der Waals surface area contributed by atoms with Crippen molar-refractivity contribution in [3.8, 4) is 0 Å². The van der Waals surface area contributed by atoms with Crippen LogP contribution in [0.1, 0.15) is 57.6 Å². The summed E-state index contributed by atoms with van der Waals surface area (Å²) in [6.07, 6.45) is 6.59. The molecule has 1 aliphatic carbocycles. The van der Waals surface area contributed by atoms with Gasteiger partial charge in [-0.05, 0) is 49.8 Å². The lowest BCUT2D eigenvalue weighted by molar-refractivity contribution is 0.408. The predicted molar refractivity (Wildman–Crippen MR) is 84.0 cm³/mol. The van der Waals surface area contributed by atoms with E-state index in [4.69, 9.17) is 23.2 Å². The first-order valence-electron chi connectivity index (χ1n) is 7.27. The van der Waals surface area contributed by atoms with Crippen molar-refractivity contribution < 1.29 is 0 Å². The maximum atomic E-state index is 6.27. The fraction of sp³-hybridized carbons (Fsp3) is 0.625. The largest absolute Gasteiger partial charge is 0.307 e. The highest BCUT2D eigenvalue weighted by Gasteiger charge is 2.19.